The van der Waals surface area contributed by atoms with Crippen LogP contribution in [0.25, 0.3) is 11.3 Å². The Bertz CT molecular complexity index is 863. The molecule has 23 heavy (non-hydrogen) atoms. The minimum Gasteiger partial charge on any atom is -0.321 e. The molecule has 2 N–H and O–H groups in total. The zero-order valence-electron chi connectivity index (χ0n) is 13.0. The van der Waals surface area contributed by atoms with Gasteiger partial charge in [0.2, 0.25) is 0 Å². The van der Waals surface area contributed by atoms with Gasteiger partial charge in [-0.2, -0.15) is 10.2 Å². The van der Waals surface area contributed by atoms with Gasteiger partial charge in [0.25, 0.3) is 5.91 Å². The minimum absolute atomic E-state index is 0.326. The molecule has 0 fully saturated rings. The summed E-state index contributed by atoms with van der Waals surface area (Å²) < 4.78 is 14.7. The Morgan fingerprint density at radius 1 is 1.26 bits per heavy atom. The number of aromatic amines is 1. The molecule has 0 saturated carbocycles. The lowest BCUT2D eigenvalue weighted by atomic mass is 10.1. The highest BCUT2D eigenvalue weighted by atomic mass is 19.1. The summed E-state index contributed by atoms with van der Waals surface area (Å²) in [7, 11) is 1.86. The highest BCUT2D eigenvalue weighted by Crippen LogP contribution is 2.25. The van der Waals surface area contributed by atoms with Gasteiger partial charge in [-0.15, -0.1) is 0 Å². The number of aromatic nitrogens is 4. The lowest BCUT2D eigenvalue weighted by Gasteiger charge is -2.02. The molecule has 6 nitrogen and oxygen atoms in total. The molecule has 3 aromatic rings. The second kappa shape index (κ2) is 5.68. The minimum atomic E-state index is -0.352. The van der Waals surface area contributed by atoms with Crippen LogP contribution in [0.15, 0.2) is 30.3 Å². The van der Waals surface area contributed by atoms with Crippen LogP contribution in [0.3, 0.4) is 0 Å². The van der Waals surface area contributed by atoms with Crippen molar-refractivity contribution in [2.45, 2.75) is 13.8 Å². The number of anilines is 1. The largest absolute Gasteiger partial charge is 0.321 e. The lowest BCUT2D eigenvalue weighted by Crippen LogP contribution is -2.12. The van der Waals surface area contributed by atoms with Gasteiger partial charge in [0.15, 0.2) is 0 Å². The van der Waals surface area contributed by atoms with Crippen molar-refractivity contribution in [1.29, 1.82) is 0 Å². The smallest absolute Gasteiger partial charge is 0.273 e. The normalized spacial score (nSPS) is 10.8. The molecule has 0 aliphatic heterocycles. The number of carbonyl (C=O) groups excluding carboxylic acids is 1. The lowest BCUT2D eigenvalue weighted by molar-refractivity contribution is 0.102. The van der Waals surface area contributed by atoms with Crippen LogP contribution < -0.4 is 5.32 Å². The summed E-state index contributed by atoms with van der Waals surface area (Å²) in [5.41, 5.74) is 4.23. The molecule has 118 valence electrons. The fourth-order valence-corrected chi connectivity index (χ4v) is 2.44. The van der Waals surface area contributed by atoms with E-state index in [1.165, 1.54) is 24.3 Å². The number of nitrogens with zero attached hydrogens (tertiary/aromatic N) is 3. The Labute approximate surface area is 132 Å². The fraction of sp³-hybridized carbons (Fsp3) is 0.188. The highest BCUT2D eigenvalue weighted by molar-refractivity contribution is 6.03. The number of hydrogen-bond acceptors (Lipinski definition) is 3. The number of amides is 1. The van der Waals surface area contributed by atoms with Crippen molar-refractivity contribution in [2.24, 2.45) is 7.05 Å². The van der Waals surface area contributed by atoms with Gasteiger partial charge in [-0.3, -0.25) is 14.6 Å². The van der Waals surface area contributed by atoms with Crippen molar-refractivity contribution in [1.82, 2.24) is 20.0 Å². The summed E-state index contributed by atoms with van der Waals surface area (Å²) >= 11 is 0. The number of H-pyrrole nitrogens is 1. The molecular formula is C16H16FN5O. The van der Waals surface area contributed by atoms with Crippen molar-refractivity contribution in [3.05, 3.63) is 53.2 Å². The molecule has 0 bridgehead atoms. The molecular weight excluding hydrogens is 297 g/mol. The van der Waals surface area contributed by atoms with Crippen LogP contribution in [-0.4, -0.2) is 25.9 Å². The summed E-state index contributed by atoms with van der Waals surface area (Å²) in [4.78, 5) is 12.2. The van der Waals surface area contributed by atoms with Gasteiger partial charge in [0.1, 0.15) is 11.5 Å². The third-order valence-corrected chi connectivity index (χ3v) is 3.69. The number of nitrogens with one attached hydrogen (secondary N) is 2. The number of carbonyl (C=O) groups is 1. The van der Waals surface area contributed by atoms with Crippen molar-refractivity contribution >= 4 is 11.6 Å². The number of rotatable bonds is 3. The van der Waals surface area contributed by atoms with Gasteiger partial charge in [-0.05, 0) is 44.2 Å². The van der Waals surface area contributed by atoms with E-state index in [4.69, 9.17) is 0 Å². The summed E-state index contributed by atoms with van der Waals surface area (Å²) in [6, 6.07) is 7.25. The highest BCUT2D eigenvalue weighted by Gasteiger charge is 2.17. The van der Waals surface area contributed by atoms with Gasteiger partial charge in [-0.1, -0.05) is 0 Å². The molecule has 0 spiro atoms. The molecule has 1 aromatic carbocycles. The second-order valence-corrected chi connectivity index (χ2v) is 5.30. The second-order valence-electron chi connectivity index (χ2n) is 5.30. The summed E-state index contributed by atoms with van der Waals surface area (Å²) in [5, 5.41) is 14.0. The molecule has 7 heteroatoms. The van der Waals surface area contributed by atoms with E-state index in [1.54, 1.807) is 10.7 Å². The maximum Gasteiger partial charge on any atom is 0.273 e. The summed E-state index contributed by atoms with van der Waals surface area (Å²) in [6.07, 6.45) is 0. The molecule has 0 aliphatic carbocycles. The van der Waals surface area contributed by atoms with E-state index in [1.807, 2.05) is 20.9 Å². The molecule has 1 amide bonds. The standard InChI is InChI=1S/C16H16FN5O/c1-9-15(10(2)22(3)21-9)13-8-14(20-19-13)16(23)18-12-6-4-11(17)5-7-12/h4-8H,1-3H3,(H,18,23)(H,19,20). The predicted octanol–water partition coefficient (Wildman–Crippen LogP) is 2.82. The summed E-state index contributed by atoms with van der Waals surface area (Å²) in [6.45, 7) is 3.84. The average Bonchev–Trinajstić information content (AvgIpc) is 3.07. The van der Waals surface area contributed by atoms with Crippen molar-refractivity contribution in [3.63, 3.8) is 0 Å². The van der Waals surface area contributed by atoms with E-state index in [0.717, 1.165) is 17.0 Å². The topological polar surface area (TPSA) is 75.6 Å². The van der Waals surface area contributed by atoms with Crippen molar-refractivity contribution in [3.8, 4) is 11.3 Å². The quantitative estimate of drug-likeness (QED) is 0.780. The molecule has 0 unspecified atom stereocenters. The van der Waals surface area contributed by atoms with Crippen LogP contribution in [0.1, 0.15) is 21.9 Å². The molecule has 0 radical (unpaired) electrons. The van der Waals surface area contributed by atoms with Gasteiger partial charge in [0, 0.05) is 24.0 Å². The first-order chi connectivity index (χ1) is 11.0. The monoisotopic (exact) mass is 313 g/mol. The van der Waals surface area contributed by atoms with Crippen LogP contribution in [0.4, 0.5) is 10.1 Å². The first-order valence-corrected chi connectivity index (χ1v) is 7.08. The number of hydrogen-bond donors (Lipinski definition) is 2. The molecule has 0 aliphatic rings. The van der Waals surface area contributed by atoms with E-state index < -0.39 is 0 Å². The van der Waals surface area contributed by atoms with Gasteiger partial charge in [0.05, 0.1) is 11.4 Å². The van der Waals surface area contributed by atoms with E-state index in [2.05, 4.69) is 20.6 Å². The Hall–Kier alpha value is -2.96. The van der Waals surface area contributed by atoms with E-state index in [9.17, 15) is 9.18 Å². The van der Waals surface area contributed by atoms with E-state index in [0.29, 0.717) is 17.1 Å². The van der Waals surface area contributed by atoms with E-state index in [-0.39, 0.29) is 11.7 Å². The third-order valence-electron chi connectivity index (χ3n) is 3.69. The Morgan fingerprint density at radius 3 is 2.57 bits per heavy atom. The number of benzene rings is 1. The number of halogens is 1. The van der Waals surface area contributed by atoms with Crippen molar-refractivity contribution < 1.29 is 9.18 Å². The van der Waals surface area contributed by atoms with Crippen LogP contribution in [0, 0.1) is 19.7 Å². The first-order valence-electron chi connectivity index (χ1n) is 7.08. The first kappa shape index (κ1) is 15.0. The molecule has 2 aromatic heterocycles. The van der Waals surface area contributed by atoms with Gasteiger partial charge < -0.3 is 5.32 Å². The van der Waals surface area contributed by atoms with Crippen LogP contribution in [-0.2, 0) is 7.05 Å². The van der Waals surface area contributed by atoms with Crippen LogP contribution in [0.5, 0.6) is 0 Å². The fourth-order valence-electron chi connectivity index (χ4n) is 2.44. The Balaban J connectivity index is 1.84. The summed E-state index contributed by atoms with van der Waals surface area (Å²) in [5.74, 6) is -0.691. The van der Waals surface area contributed by atoms with Gasteiger partial charge >= 0.3 is 0 Å². The molecule has 0 atom stereocenters. The van der Waals surface area contributed by atoms with Crippen LogP contribution >= 0.6 is 0 Å². The zero-order chi connectivity index (χ0) is 16.6. The SMILES string of the molecule is Cc1nn(C)c(C)c1-c1cc(C(=O)Nc2ccc(F)cc2)[nH]n1. The zero-order valence-corrected chi connectivity index (χ0v) is 13.0. The third kappa shape index (κ3) is 2.85. The molecule has 3 rings (SSSR count). The van der Waals surface area contributed by atoms with Crippen molar-refractivity contribution in [2.75, 3.05) is 5.32 Å². The van der Waals surface area contributed by atoms with Gasteiger partial charge in [-0.25, -0.2) is 4.39 Å². The average molecular weight is 313 g/mol. The number of aryl methyl sites for hydroxylation is 2. The molecule has 2 heterocycles. The maximum absolute atomic E-state index is 12.9. The predicted molar refractivity (Wildman–Crippen MR) is 84.6 cm³/mol. The molecule has 0 saturated heterocycles. The Morgan fingerprint density at radius 2 is 1.96 bits per heavy atom. The van der Waals surface area contributed by atoms with Crippen LogP contribution in [0.2, 0.25) is 0 Å². The Kier molecular flexibility index (Phi) is 3.69. The van der Waals surface area contributed by atoms with E-state index >= 15 is 0 Å². The maximum atomic E-state index is 12.9.